The highest BCUT2D eigenvalue weighted by Crippen LogP contribution is 2.61. The largest absolute Gasteiger partial charge is 0.467 e. The van der Waals surface area contributed by atoms with E-state index in [9.17, 15) is 4.79 Å². The highest BCUT2D eigenvalue weighted by Gasteiger charge is 2.77. The second kappa shape index (κ2) is 3.69. The number of epoxide rings is 1. The summed E-state index contributed by atoms with van der Waals surface area (Å²) < 4.78 is 16.6. The van der Waals surface area contributed by atoms with Gasteiger partial charge in [-0.3, -0.25) is 0 Å². The van der Waals surface area contributed by atoms with Crippen LogP contribution in [0.4, 0.5) is 0 Å². The van der Waals surface area contributed by atoms with Gasteiger partial charge in [-0.25, -0.2) is 4.79 Å². The summed E-state index contributed by atoms with van der Waals surface area (Å²) >= 11 is 0. The number of carbonyl (C=O) groups is 1. The van der Waals surface area contributed by atoms with Crippen molar-refractivity contribution < 1.29 is 19.0 Å². The predicted molar refractivity (Wildman–Crippen MR) is 62.7 cm³/mol. The summed E-state index contributed by atoms with van der Waals surface area (Å²) in [5, 5.41) is 0. The van der Waals surface area contributed by atoms with Gasteiger partial charge in [0.2, 0.25) is 0 Å². The SMILES string of the molecule is COC(=O)C1(C(C)C)OC12CCOC(C)(C)C2. The van der Waals surface area contributed by atoms with Gasteiger partial charge in [-0.15, -0.1) is 0 Å². The van der Waals surface area contributed by atoms with Crippen LogP contribution in [0.3, 0.4) is 0 Å². The predicted octanol–water partition coefficient (Wildman–Crippen LogP) is 1.91. The van der Waals surface area contributed by atoms with Crippen LogP contribution in [0.15, 0.2) is 0 Å². The van der Waals surface area contributed by atoms with Gasteiger partial charge >= 0.3 is 5.97 Å². The molecule has 0 aromatic heterocycles. The number of ether oxygens (including phenoxy) is 3. The molecule has 2 saturated heterocycles. The molecule has 0 aromatic rings. The summed E-state index contributed by atoms with van der Waals surface area (Å²) in [5.74, 6) is -0.131. The van der Waals surface area contributed by atoms with Crippen LogP contribution in [0.1, 0.15) is 40.5 Å². The number of methoxy groups -OCH3 is 1. The number of carbonyl (C=O) groups excluding carboxylic acids is 1. The summed E-state index contributed by atoms with van der Waals surface area (Å²) in [4.78, 5) is 12.0. The number of hydrogen-bond acceptors (Lipinski definition) is 4. The minimum Gasteiger partial charge on any atom is -0.467 e. The molecule has 0 amide bonds. The summed E-state index contributed by atoms with van der Waals surface area (Å²) in [6, 6.07) is 0. The van der Waals surface area contributed by atoms with Crippen molar-refractivity contribution in [2.45, 2.75) is 57.3 Å². The first-order valence-corrected chi connectivity index (χ1v) is 6.22. The molecule has 2 unspecified atom stereocenters. The third-order valence-corrected chi connectivity index (χ3v) is 4.00. The van der Waals surface area contributed by atoms with Crippen LogP contribution in [0.25, 0.3) is 0 Å². The Kier molecular flexibility index (Phi) is 2.79. The number of hydrogen-bond donors (Lipinski definition) is 0. The van der Waals surface area contributed by atoms with Gasteiger partial charge in [-0.1, -0.05) is 13.8 Å². The second-order valence-corrected chi connectivity index (χ2v) is 6.01. The molecule has 4 heteroatoms. The maximum atomic E-state index is 12.0. The van der Waals surface area contributed by atoms with E-state index < -0.39 is 5.60 Å². The first-order chi connectivity index (χ1) is 7.80. The minimum atomic E-state index is -0.761. The zero-order valence-corrected chi connectivity index (χ0v) is 11.3. The lowest BCUT2D eigenvalue weighted by atomic mass is 9.75. The quantitative estimate of drug-likeness (QED) is 0.548. The molecule has 17 heavy (non-hydrogen) atoms. The van der Waals surface area contributed by atoms with Crippen LogP contribution in [0, 0.1) is 5.92 Å². The standard InChI is InChI=1S/C13H22O4/c1-9(2)13(10(14)15-5)12(17-13)6-7-16-11(3,4)8-12/h9H,6-8H2,1-5H3. The van der Waals surface area contributed by atoms with Crippen molar-refractivity contribution in [1.29, 1.82) is 0 Å². The van der Waals surface area contributed by atoms with Crippen molar-refractivity contribution in [1.82, 2.24) is 0 Å². The lowest BCUT2D eigenvalue weighted by molar-refractivity contribution is -0.149. The van der Waals surface area contributed by atoms with E-state index in [1.54, 1.807) is 0 Å². The Bertz CT molecular complexity index is 336. The zero-order chi connectivity index (χ0) is 12.9. The average molecular weight is 242 g/mol. The van der Waals surface area contributed by atoms with E-state index in [2.05, 4.69) is 0 Å². The monoisotopic (exact) mass is 242 g/mol. The van der Waals surface area contributed by atoms with Crippen LogP contribution < -0.4 is 0 Å². The van der Waals surface area contributed by atoms with Crippen molar-refractivity contribution in [3.63, 3.8) is 0 Å². The molecule has 0 N–H and O–H groups in total. The van der Waals surface area contributed by atoms with Gasteiger partial charge in [0, 0.05) is 12.8 Å². The number of rotatable bonds is 2. The maximum absolute atomic E-state index is 12.0. The Morgan fingerprint density at radius 3 is 2.47 bits per heavy atom. The Morgan fingerprint density at radius 1 is 1.35 bits per heavy atom. The summed E-state index contributed by atoms with van der Waals surface area (Å²) in [6.07, 6.45) is 1.51. The molecule has 2 fully saturated rings. The molecule has 0 saturated carbocycles. The van der Waals surface area contributed by atoms with Crippen LogP contribution in [-0.2, 0) is 19.0 Å². The Labute approximate surface area is 103 Å². The maximum Gasteiger partial charge on any atom is 0.341 e. The summed E-state index contributed by atoms with van der Waals surface area (Å²) in [6.45, 7) is 8.73. The molecule has 0 bridgehead atoms. The molecular weight excluding hydrogens is 220 g/mol. The molecule has 2 rings (SSSR count). The van der Waals surface area contributed by atoms with Crippen molar-refractivity contribution in [3.8, 4) is 0 Å². The summed E-state index contributed by atoms with van der Waals surface area (Å²) in [5.41, 5.74) is -1.37. The van der Waals surface area contributed by atoms with Crippen LogP contribution in [0.2, 0.25) is 0 Å². The normalized spacial score (nSPS) is 39.4. The molecular formula is C13H22O4. The smallest absolute Gasteiger partial charge is 0.341 e. The topological polar surface area (TPSA) is 48.1 Å². The van der Waals surface area contributed by atoms with Crippen LogP contribution >= 0.6 is 0 Å². The van der Waals surface area contributed by atoms with Crippen molar-refractivity contribution in [3.05, 3.63) is 0 Å². The molecule has 2 aliphatic rings. The molecule has 2 aliphatic heterocycles. The van der Waals surface area contributed by atoms with Crippen LogP contribution in [-0.4, -0.2) is 36.5 Å². The fraction of sp³-hybridized carbons (Fsp3) is 0.923. The van der Waals surface area contributed by atoms with Crippen LogP contribution in [0.5, 0.6) is 0 Å². The van der Waals surface area contributed by atoms with Gasteiger partial charge in [0.15, 0.2) is 5.60 Å². The molecule has 2 atom stereocenters. The highest BCUT2D eigenvalue weighted by molar-refractivity contribution is 5.85. The lowest BCUT2D eigenvalue weighted by Crippen LogP contribution is -2.47. The van der Waals surface area contributed by atoms with E-state index in [1.165, 1.54) is 7.11 Å². The van der Waals surface area contributed by atoms with Gasteiger partial charge in [0.1, 0.15) is 5.60 Å². The molecule has 0 radical (unpaired) electrons. The van der Waals surface area contributed by atoms with Crippen molar-refractivity contribution >= 4 is 5.97 Å². The first-order valence-electron chi connectivity index (χ1n) is 6.22. The second-order valence-electron chi connectivity index (χ2n) is 6.01. The fourth-order valence-electron chi connectivity index (χ4n) is 3.27. The van der Waals surface area contributed by atoms with Gasteiger partial charge in [-0.2, -0.15) is 0 Å². The Balaban J connectivity index is 2.27. The Morgan fingerprint density at radius 2 is 2.00 bits per heavy atom. The number of esters is 1. The third-order valence-electron chi connectivity index (χ3n) is 4.00. The summed E-state index contributed by atoms with van der Waals surface area (Å²) in [7, 11) is 1.42. The van der Waals surface area contributed by atoms with Gasteiger partial charge in [0.05, 0.1) is 19.3 Å². The molecule has 1 spiro atoms. The molecule has 0 aromatic carbocycles. The van der Waals surface area contributed by atoms with E-state index in [4.69, 9.17) is 14.2 Å². The van der Waals surface area contributed by atoms with E-state index in [0.29, 0.717) is 6.61 Å². The highest BCUT2D eigenvalue weighted by atomic mass is 16.7. The minimum absolute atomic E-state index is 0.115. The first kappa shape index (κ1) is 12.8. The lowest BCUT2D eigenvalue weighted by Gasteiger charge is -2.36. The third kappa shape index (κ3) is 1.69. The van der Waals surface area contributed by atoms with E-state index in [-0.39, 0.29) is 23.1 Å². The van der Waals surface area contributed by atoms with E-state index in [0.717, 1.165) is 12.8 Å². The molecule has 4 nitrogen and oxygen atoms in total. The molecule has 98 valence electrons. The van der Waals surface area contributed by atoms with Gasteiger partial charge in [-0.05, 0) is 19.8 Å². The van der Waals surface area contributed by atoms with Gasteiger partial charge in [0.25, 0.3) is 0 Å². The zero-order valence-electron chi connectivity index (χ0n) is 11.3. The van der Waals surface area contributed by atoms with Crippen molar-refractivity contribution in [2.24, 2.45) is 5.92 Å². The van der Waals surface area contributed by atoms with Gasteiger partial charge < -0.3 is 14.2 Å². The van der Waals surface area contributed by atoms with E-state index >= 15 is 0 Å². The van der Waals surface area contributed by atoms with Crippen molar-refractivity contribution in [2.75, 3.05) is 13.7 Å². The molecule has 2 heterocycles. The Hall–Kier alpha value is -0.610. The van der Waals surface area contributed by atoms with E-state index in [1.807, 2.05) is 27.7 Å². The average Bonchev–Trinajstić information content (AvgIpc) is 2.84. The molecule has 0 aliphatic carbocycles. The fourth-order valence-corrected chi connectivity index (χ4v) is 3.27.